The molecule has 0 radical (unpaired) electrons. The Labute approximate surface area is 145 Å². The van der Waals surface area contributed by atoms with Crippen molar-refractivity contribution in [2.75, 3.05) is 11.9 Å². The van der Waals surface area contributed by atoms with E-state index < -0.39 is 0 Å². The Morgan fingerprint density at radius 1 is 1.08 bits per heavy atom. The largest absolute Gasteiger partial charge is 0.494 e. The van der Waals surface area contributed by atoms with Crippen molar-refractivity contribution in [3.63, 3.8) is 0 Å². The summed E-state index contributed by atoms with van der Waals surface area (Å²) in [5, 5.41) is 10.4. The Balaban J connectivity index is 1.60. The molecule has 0 aliphatic heterocycles. The van der Waals surface area contributed by atoms with E-state index in [0.29, 0.717) is 12.5 Å². The standard InChI is InChI=1S/C19H19N3O3/c1-3-24-16-10-6-14(7-11-16)12-17(23)20-19-22-21-18(25-19)15-8-4-13(2)5-9-15/h4-11H,3,12H2,1-2H3,(H,20,22,23). The first-order valence-corrected chi connectivity index (χ1v) is 8.06. The molecule has 128 valence electrons. The maximum atomic E-state index is 12.1. The average molecular weight is 337 g/mol. The molecule has 3 aromatic rings. The quantitative estimate of drug-likeness (QED) is 0.743. The van der Waals surface area contributed by atoms with Crippen LogP contribution < -0.4 is 10.1 Å². The van der Waals surface area contributed by atoms with Crippen molar-refractivity contribution in [3.8, 4) is 17.2 Å². The first-order valence-electron chi connectivity index (χ1n) is 8.06. The summed E-state index contributed by atoms with van der Waals surface area (Å²) in [6.45, 7) is 4.54. The number of aromatic nitrogens is 2. The molecule has 0 atom stereocenters. The van der Waals surface area contributed by atoms with Crippen molar-refractivity contribution in [1.82, 2.24) is 10.2 Å². The van der Waals surface area contributed by atoms with Gasteiger partial charge in [0.15, 0.2) is 0 Å². The van der Waals surface area contributed by atoms with Gasteiger partial charge in [-0.1, -0.05) is 34.9 Å². The molecule has 0 unspecified atom stereocenters. The third kappa shape index (κ3) is 4.44. The maximum Gasteiger partial charge on any atom is 0.322 e. The van der Waals surface area contributed by atoms with Crippen LogP contribution in [0.5, 0.6) is 5.75 Å². The molecule has 3 rings (SSSR count). The lowest BCUT2D eigenvalue weighted by Gasteiger charge is -2.04. The zero-order valence-electron chi connectivity index (χ0n) is 14.2. The van der Waals surface area contributed by atoms with E-state index in [0.717, 1.165) is 22.4 Å². The summed E-state index contributed by atoms with van der Waals surface area (Å²) < 4.78 is 10.9. The van der Waals surface area contributed by atoms with Gasteiger partial charge in [0.25, 0.3) is 0 Å². The van der Waals surface area contributed by atoms with Gasteiger partial charge in [0.2, 0.25) is 11.8 Å². The summed E-state index contributed by atoms with van der Waals surface area (Å²) in [4.78, 5) is 12.1. The molecule has 1 heterocycles. The minimum atomic E-state index is -0.219. The number of aryl methyl sites for hydroxylation is 1. The second kappa shape index (κ2) is 7.61. The van der Waals surface area contributed by atoms with Crippen LogP contribution in [0.2, 0.25) is 0 Å². The van der Waals surface area contributed by atoms with E-state index in [-0.39, 0.29) is 18.3 Å². The highest BCUT2D eigenvalue weighted by atomic mass is 16.5. The number of rotatable bonds is 6. The van der Waals surface area contributed by atoms with Gasteiger partial charge < -0.3 is 9.15 Å². The summed E-state index contributed by atoms with van der Waals surface area (Å²) in [6, 6.07) is 15.2. The number of carbonyl (C=O) groups is 1. The number of hydrogen-bond donors (Lipinski definition) is 1. The molecule has 2 aromatic carbocycles. The van der Waals surface area contributed by atoms with E-state index in [1.807, 2.05) is 62.4 Å². The summed E-state index contributed by atoms with van der Waals surface area (Å²) in [7, 11) is 0. The molecule has 6 nitrogen and oxygen atoms in total. The smallest absolute Gasteiger partial charge is 0.322 e. The Morgan fingerprint density at radius 2 is 1.80 bits per heavy atom. The highest BCUT2D eigenvalue weighted by molar-refractivity contribution is 5.90. The Hall–Kier alpha value is -3.15. The van der Waals surface area contributed by atoms with E-state index in [1.54, 1.807) is 0 Å². The molecule has 0 spiro atoms. The first kappa shape index (κ1) is 16.7. The third-order valence-corrected chi connectivity index (χ3v) is 3.57. The number of nitrogens with zero attached hydrogens (tertiary/aromatic N) is 2. The van der Waals surface area contributed by atoms with Crippen LogP contribution in [-0.2, 0) is 11.2 Å². The van der Waals surface area contributed by atoms with Gasteiger partial charge in [-0.2, -0.15) is 0 Å². The number of amides is 1. The van der Waals surface area contributed by atoms with E-state index >= 15 is 0 Å². The topological polar surface area (TPSA) is 77.2 Å². The third-order valence-electron chi connectivity index (χ3n) is 3.57. The van der Waals surface area contributed by atoms with Gasteiger partial charge in [0.1, 0.15) is 5.75 Å². The van der Waals surface area contributed by atoms with Crippen LogP contribution in [0.3, 0.4) is 0 Å². The van der Waals surface area contributed by atoms with Crippen molar-refractivity contribution >= 4 is 11.9 Å². The molecule has 6 heteroatoms. The fourth-order valence-corrected chi connectivity index (χ4v) is 2.31. The van der Waals surface area contributed by atoms with Gasteiger partial charge in [-0.05, 0) is 43.7 Å². The van der Waals surface area contributed by atoms with Crippen LogP contribution in [0, 0.1) is 6.92 Å². The highest BCUT2D eigenvalue weighted by Gasteiger charge is 2.12. The van der Waals surface area contributed by atoms with Crippen LogP contribution in [-0.4, -0.2) is 22.7 Å². The molecule has 0 bridgehead atoms. The van der Waals surface area contributed by atoms with Gasteiger partial charge in [-0.3, -0.25) is 10.1 Å². The normalized spacial score (nSPS) is 10.5. The molecule has 1 aromatic heterocycles. The Bertz CT molecular complexity index is 839. The van der Waals surface area contributed by atoms with Gasteiger partial charge in [-0.25, -0.2) is 0 Å². The lowest BCUT2D eigenvalue weighted by Crippen LogP contribution is -2.14. The van der Waals surface area contributed by atoms with Gasteiger partial charge in [0.05, 0.1) is 13.0 Å². The lowest BCUT2D eigenvalue weighted by atomic mass is 10.1. The molecule has 0 aliphatic carbocycles. The number of carbonyl (C=O) groups excluding carboxylic acids is 1. The molecule has 0 saturated heterocycles. The number of benzene rings is 2. The predicted molar refractivity (Wildman–Crippen MR) is 94.4 cm³/mol. The number of anilines is 1. The molecule has 0 saturated carbocycles. The molecular weight excluding hydrogens is 318 g/mol. The fourth-order valence-electron chi connectivity index (χ4n) is 2.31. The fraction of sp³-hybridized carbons (Fsp3) is 0.211. The van der Waals surface area contributed by atoms with E-state index in [9.17, 15) is 4.79 Å². The van der Waals surface area contributed by atoms with Gasteiger partial charge in [0, 0.05) is 5.56 Å². The van der Waals surface area contributed by atoms with Crippen LogP contribution in [0.1, 0.15) is 18.1 Å². The Morgan fingerprint density at radius 3 is 2.48 bits per heavy atom. The van der Waals surface area contributed by atoms with Crippen molar-refractivity contribution in [3.05, 3.63) is 59.7 Å². The van der Waals surface area contributed by atoms with Crippen LogP contribution in [0.25, 0.3) is 11.5 Å². The summed E-state index contributed by atoms with van der Waals surface area (Å²) in [6.07, 6.45) is 0.217. The minimum Gasteiger partial charge on any atom is -0.494 e. The van der Waals surface area contributed by atoms with E-state index in [2.05, 4.69) is 15.5 Å². The summed E-state index contributed by atoms with van der Waals surface area (Å²) in [5.41, 5.74) is 2.83. The zero-order valence-corrected chi connectivity index (χ0v) is 14.2. The number of nitrogens with one attached hydrogen (secondary N) is 1. The number of hydrogen-bond acceptors (Lipinski definition) is 5. The monoisotopic (exact) mass is 337 g/mol. The van der Waals surface area contributed by atoms with Crippen molar-refractivity contribution in [1.29, 1.82) is 0 Å². The van der Waals surface area contributed by atoms with E-state index in [4.69, 9.17) is 9.15 Å². The second-order valence-electron chi connectivity index (χ2n) is 5.58. The maximum absolute atomic E-state index is 12.1. The molecule has 1 amide bonds. The second-order valence-corrected chi connectivity index (χ2v) is 5.58. The summed E-state index contributed by atoms with van der Waals surface area (Å²) >= 11 is 0. The SMILES string of the molecule is CCOc1ccc(CC(=O)Nc2nnc(-c3ccc(C)cc3)o2)cc1. The van der Waals surface area contributed by atoms with Gasteiger partial charge >= 0.3 is 6.01 Å². The highest BCUT2D eigenvalue weighted by Crippen LogP contribution is 2.20. The minimum absolute atomic E-state index is 0.0894. The zero-order chi connectivity index (χ0) is 17.6. The molecule has 0 fully saturated rings. The van der Waals surface area contributed by atoms with Crippen LogP contribution in [0.15, 0.2) is 52.9 Å². The van der Waals surface area contributed by atoms with Crippen molar-refractivity contribution < 1.29 is 13.9 Å². The molecule has 25 heavy (non-hydrogen) atoms. The lowest BCUT2D eigenvalue weighted by molar-refractivity contribution is -0.115. The predicted octanol–water partition coefficient (Wildman–Crippen LogP) is 3.62. The van der Waals surface area contributed by atoms with Crippen molar-refractivity contribution in [2.24, 2.45) is 0 Å². The van der Waals surface area contributed by atoms with Crippen molar-refractivity contribution in [2.45, 2.75) is 20.3 Å². The molecule has 0 aliphatic rings. The summed E-state index contributed by atoms with van der Waals surface area (Å²) in [5.74, 6) is 0.936. The van der Waals surface area contributed by atoms with E-state index in [1.165, 1.54) is 0 Å². The molecule has 1 N–H and O–H groups in total. The first-order chi connectivity index (χ1) is 12.1. The average Bonchev–Trinajstić information content (AvgIpc) is 3.06. The molecular formula is C19H19N3O3. The van der Waals surface area contributed by atoms with Crippen LogP contribution >= 0.6 is 0 Å². The van der Waals surface area contributed by atoms with Crippen LogP contribution in [0.4, 0.5) is 6.01 Å². The van der Waals surface area contributed by atoms with Gasteiger partial charge in [-0.15, -0.1) is 5.10 Å². The number of ether oxygens (including phenoxy) is 1. The Kier molecular flexibility index (Phi) is 5.09.